The molecule has 2 aliphatic rings. The van der Waals surface area contributed by atoms with Gasteiger partial charge in [0, 0.05) is 5.92 Å². The molecule has 4 atom stereocenters. The molecule has 0 heterocycles. The summed E-state index contributed by atoms with van der Waals surface area (Å²) in [7, 11) is 0. The zero-order valence-electron chi connectivity index (χ0n) is 7.08. The number of benzene rings is 1. The third-order valence-corrected chi connectivity index (χ3v) is 4.65. The van der Waals surface area contributed by atoms with Gasteiger partial charge in [-0.1, -0.05) is 24.3 Å². The van der Waals surface area contributed by atoms with Crippen molar-refractivity contribution in [2.45, 2.75) is 23.1 Å². The fraction of sp³-hybridized carbons (Fsp3) is 0.455. The minimum Gasteiger partial charge on any atom is -0.121 e. The molecule has 1 saturated carbocycles. The summed E-state index contributed by atoms with van der Waals surface area (Å²) < 4.78 is 0. The monoisotopic (exact) mass is 212 g/mol. The van der Waals surface area contributed by atoms with Crippen molar-refractivity contribution in [1.29, 1.82) is 0 Å². The average Bonchev–Trinajstić information content (AvgIpc) is 2.52. The van der Waals surface area contributed by atoms with E-state index in [9.17, 15) is 0 Å². The van der Waals surface area contributed by atoms with Crippen molar-refractivity contribution >= 4 is 23.2 Å². The van der Waals surface area contributed by atoms with Crippen molar-refractivity contribution in [3.63, 3.8) is 0 Å². The lowest BCUT2D eigenvalue weighted by molar-refractivity contribution is 0.298. The highest BCUT2D eigenvalue weighted by molar-refractivity contribution is 6.32. The van der Waals surface area contributed by atoms with E-state index in [1.807, 2.05) is 0 Å². The zero-order chi connectivity index (χ0) is 9.00. The average molecular weight is 213 g/mol. The standard InChI is InChI=1S/C11H10Cl2/c12-10-8-5-6-3-1-2-4-7(6)9(8)11(10)13/h1-4,8-11H,5H2/t8-,9+,10+,11-/m0/s1. The largest absolute Gasteiger partial charge is 0.121 e. The Bertz CT molecular complexity index is 348. The summed E-state index contributed by atoms with van der Waals surface area (Å²) in [6.07, 6.45) is 1.12. The highest BCUT2D eigenvalue weighted by Gasteiger charge is 2.53. The van der Waals surface area contributed by atoms with E-state index in [1.54, 1.807) is 0 Å². The maximum Gasteiger partial charge on any atom is 0.0574 e. The Hall–Kier alpha value is -0.200. The van der Waals surface area contributed by atoms with E-state index in [1.165, 1.54) is 11.1 Å². The van der Waals surface area contributed by atoms with Crippen LogP contribution in [0.5, 0.6) is 0 Å². The molecular formula is C11H10Cl2. The van der Waals surface area contributed by atoms with E-state index >= 15 is 0 Å². The second kappa shape index (κ2) is 2.65. The molecule has 0 amide bonds. The lowest BCUT2D eigenvalue weighted by atomic mass is 9.73. The minimum atomic E-state index is 0.148. The van der Waals surface area contributed by atoms with Crippen LogP contribution in [0.15, 0.2) is 24.3 Å². The normalized spacial score (nSPS) is 40.8. The van der Waals surface area contributed by atoms with Crippen molar-refractivity contribution in [1.82, 2.24) is 0 Å². The van der Waals surface area contributed by atoms with Crippen molar-refractivity contribution in [3.8, 4) is 0 Å². The smallest absolute Gasteiger partial charge is 0.0574 e. The number of fused-ring (bicyclic) bond motifs is 3. The molecule has 0 aliphatic heterocycles. The maximum absolute atomic E-state index is 6.20. The molecule has 13 heavy (non-hydrogen) atoms. The molecule has 0 saturated heterocycles. The van der Waals surface area contributed by atoms with Crippen LogP contribution in [0.2, 0.25) is 0 Å². The van der Waals surface area contributed by atoms with Gasteiger partial charge < -0.3 is 0 Å². The Morgan fingerprint density at radius 1 is 1.08 bits per heavy atom. The quantitative estimate of drug-likeness (QED) is 0.580. The van der Waals surface area contributed by atoms with Gasteiger partial charge >= 0.3 is 0 Å². The van der Waals surface area contributed by atoms with Gasteiger partial charge in [0.2, 0.25) is 0 Å². The zero-order valence-corrected chi connectivity index (χ0v) is 8.59. The predicted octanol–water partition coefficient (Wildman–Crippen LogP) is 3.17. The summed E-state index contributed by atoms with van der Waals surface area (Å²) in [6.45, 7) is 0. The van der Waals surface area contributed by atoms with Crippen molar-refractivity contribution in [2.24, 2.45) is 5.92 Å². The Balaban J connectivity index is 2.05. The van der Waals surface area contributed by atoms with Gasteiger partial charge in [-0.05, 0) is 23.5 Å². The first kappa shape index (κ1) is 8.14. The van der Waals surface area contributed by atoms with Crippen LogP contribution in [0, 0.1) is 5.92 Å². The summed E-state index contributed by atoms with van der Waals surface area (Å²) in [5, 5.41) is 0.328. The van der Waals surface area contributed by atoms with Gasteiger partial charge in [-0.3, -0.25) is 0 Å². The lowest BCUT2D eigenvalue weighted by Crippen LogP contribution is -2.45. The Kier molecular flexibility index (Phi) is 1.66. The molecule has 0 radical (unpaired) electrons. The first-order valence-corrected chi connectivity index (χ1v) is 5.52. The molecule has 0 unspecified atom stereocenters. The fourth-order valence-electron chi connectivity index (χ4n) is 2.66. The first-order chi connectivity index (χ1) is 6.29. The third kappa shape index (κ3) is 0.936. The molecule has 1 aromatic rings. The van der Waals surface area contributed by atoms with E-state index in [0.29, 0.717) is 11.8 Å². The molecule has 0 bridgehead atoms. The van der Waals surface area contributed by atoms with Crippen LogP contribution in [-0.2, 0) is 6.42 Å². The molecule has 0 spiro atoms. The number of hydrogen-bond acceptors (Lipinski definition) is 0. The van der Waals surface area contributed by atoms with Crippen LogP contribution in [-0.4, -0.2) is 10.8 Å². The summed E-state index contributed by atoms with van der Waals surface area (Å²) in [5.74, 6) is 1.13. The Morgan fingerprint density at radius 2 is 1.85 bits per heavy atom. The highest BCUT2D eigenvalue weighted by Crippen LogP contribution is 2.55. The van der Waals surface area contributed by atoms with Gasteiger partial charge in [-0.2, -0.15) is 0 Å². The molecule has 0 N–H and O–H groups in total. The first-order valence-electron chi connectivity index (χ1n) is 4.65. The van der Waals surface area contributed by atoms with Gasteiger partial charge in [0.05, 0.1) is 10.8 Å². The molecule has 0 aromatic heterocycles. The molecule has 1 aromatic carbocycles. The number of halogens is 2. The van der Waals surface area contributed by atoms with E-state index in [2.05, 4.69) is 24.3 Å². The minimum absolute atomic E-state index is 0.148. The number of rotatable bonds is 0. The van der Waals surface area contributed by atoms with Gasteiger partial charge in [-0.15, -0.1) is 23.2 Å². The Labute approximate surface area is 87.9 Å². The van der Waals surface area contributed by atoms with Crippen molar-refractivity contribution in [2.75, 3.05) is 0 Å². The summed E-state index contributed by atoms with van der Waals surface area (Å²) in [6, 6.07) is 8.57. The molecule has 3 rings (SSSR count). The van der Waals surface area contributed by atoms with Crippen molar-refractivity contribution < 1.29 is 0 Å². The highest BCUT2D eigenvalue weighted by atomic mass is 35.5. The van der Waals surface area contributed by atoms with Crippen LogP contribution in [0.3, 0.4) is 0 Å². The topological polar surface area (TPSA) is 0 Å². The fourth-order valence-corrected chi connectivity index (χ4v) is 3.58. The molecule has 68 valence electrons. The molecular weight excluding hydrogens is 203 g/mol. The molecule has 1 fully saturated rings. The van der Waals surface area contributed by atoms with Crippen LogP contribution < -0.4 is 0 Å². The van der Waals surface area contributed by atoms with Crippen LogP contribution >= 0.6 is 23.2 Å². The molecule has 0 nitrogen and oxygen atoms in total. The van der Waals surface area contributed by atoms with E-state index in [0.717, 1.165) is 6.42 Å². The van der Waals surface area contributed by atoms with E-state index in [-0.39, 0.29) is 10.8 Å². The van der Waals surface area contributed by atoms with Gasteiger partial charge in [0.25, 0.3) is 0 Å². The van der Waals surface area contributed by atoms with Crippen LogP contribution in [0.25, 0.3) is 0 Å². The number of alkyl halides is 2. The summed E-state index contributed by atoms with van der Waals surface area (Å²) in [5.41, 5.74) is 2.88. The SMILES string of the molecule is Cl[C@@H]1[C@H](Cl)[C@H]2Cc3ccccc3[C@@H]12. The molecule has 2 aliphatic carbocycles. The predicted molar refractivity (Wildman–Crippen MR) is 55.7 cm³/mol. The van der Waals surface area contributed by atoms with Gasteiger partial charge in [-0.25, -0.2) is 0 Å². The van der Waals surface area contributed by atoms with Gasteiger partial charge in [0.1, 0.15) is 0 Å². The van der Waals surface area contributed by atoms with E-state index in [4.69, 9.17) is 23.2 Å². The van der Waals surface area contributed by atoms with Crippen LogP contribution in [0.4, 0.5) is 0 Å². The number of hydrogen-bond donors (Lipinski definition) is 0. The van der Waals surface area contributed by atoms with E-state index < -0.39 is 0 Å². The second-order valence-electron chi connectivity index (χ2n) is 3.98. The summed E-state index contributed by atoms with van der Waals surface area (Å²) >= 11 is 12.4. The lowest BCUT2D eigenvalue weighted by Gasteiger charge is -2.42. The van der Waals surface area contributed by atoms with Crippen molar-refractivity contribution in [3.05, 3.63) is 35.4 Å². The maximum atomic E-state index is 6.20. The Morgan fingerprint density at radius 3 is 2.69 bits per heavy atom. The molecule has 2 heteroatoms. The summed E-state index contributed by atoms with van der Waals surface area (Å²) in [4.78, 5) is 0. The van der Waals surface area contributed by atoms with Crippen LogP contribution in [0.1, 0.15) is 17.0 Å². The third-order valence-electron chi connectivity index (χ3n) is 3.39. The second-order valence-corrected chi connectivity index (χ2v) is 4.99. The van der Waals surface area contributed by atoms with Gasteiger partial charge in [0.15, 0.2) is 0 Å².